The van der Waals surface area contributed by atoms with Gasteiger partial charge < -0.3 is 14.2 Å². The quantitative estimate of drug-likeness (QED) is 0.702. The van der Waals surface area contributed by atoms with Crippen molar-refractivity contribution in [2.45, 2.75) is 6.92 Å². The van der Waals surface area contributed by atoms with Gasteiger partial charge in [-0.1, -0.05) is 11.6 Å². The molecule has 0 unspecified atom stereocenters. The molecule has 7 nitrogen and oxygen atoms in total. The Hall–Kier alpha value is -3.22. The minimum absolute atomic E-state index is 0.0827. The lowest BCUT2D eigenvalue weighted by Gasteiger charge is -2.34. The minimum Gasteiger partial charge on any atom is -0.451 e. The summed E-state index contributed by atoms with van der Waals surface area (Å²) in [4.78, 5) is 37.2. The number of hydrogen-bond donors (Lipinski definition) is 0. The molecule has 132 valence electrons. The molecule has 0 saturated carbocycles. The zero-order valence-corrected chi connectivity index (χ0v) is 14.4. The Labute approximate surface area is 149 Å². The predicted molar refractivity (Wildman–Crippen MR) is 97.4 cm³/mol. The van der Waals surface area contributed by atoms with Crippen LogP contribution in [0.1, 0.15) is 16.1 Å². The second-order valence-electron chi connectivity index (χ2n) is 6.32. The number of anilines is 1. The van der Waals surface area contributed by atoms with E-state index < -0.39 is 0 Å². The van der Waals surface area contributed by atoms with Crippen molar-refractivity contribution in [1.29, 1.82) is 0 Å². The van der Waals surface area contributed by atoms with Crippen molar-refractivity contribution in [2.24, 2.45) is 0 Å². The van der Waals surface area contributed by atoms with Gasteiger partial charge in [0.05, 0.1) is 11.6 Å². The molecule has 3 heterocycles. The van der Waals surface area contributed by atoms with Crippen LogP contribution in [0.4, 0.5) is 5.82 Å². The fourth-order valence-electron chi connectivity index (χ4n) is 3.12. The molecule has 3 aromatic rings. The first-order valence-electron chi connectivity index (χ1n) is 8.46. The number of aromatic nitrogens is 2. The molecule has 1 aliphatic rings. The van der Waals surface area contributed by atoms with Gasteiger partial charge in [0, 0.05) is 44.6 Å². The third kappa shape index (κ3) is 3.03. The smallest absolute Gasteiger partial charge is 0.289 e. The highest BCUT2D eigenvalue weighted by Gasteiger charge is 2.25. The molecule has 1 aliphatic heterocycles. The number of aryl methyl sites for hydroxylation is 1. The maximum atomic E-state index is 12.8. The van der Waals surface area contributed by atoms with Crippen molar-refractivity contribution in [1.82, 2.24) is 14.9 Å². The van der Waals surface area contributed by atoms with E-state index in [1.165, 1.54) is 6.07 Å². The molecule has 1 fully saturated rings. The highest BCUT2D eigenvalue weighted by Crippen LogP contribution is 2.17. The van der Waals surface area contributed by atoms with Crippen LogP contribution in [0, 0.1) is 6.92 Å². The van der Waals surface area contributed by atoms with Gasteiger partial charge in [0.2, 0.25) is 0 Å². The molecule has 7 heteroatoms. The maximum absolute atomic E-state index is 12.8. The first kappa shape index (κ1) is 16.3. The summed E-state index contributed by atoms with van der Waals surface area (Å²) < 4.78 is 5.70. The molecule has 1 aromatic carbocycles. The van der Waals surface area contributed by atoms with Crippen LogP contribution in [0.25, 0.3) is 11.0 Å². The van der Waals surface area contributed by atoms with Crippen molar-refractivity contribution < 1.29 is 9.21 Å². The van der Waals surface area contributed by atoms with E-state index in [0.29, 0.717) is 37.1 Å². The first-order chi connectivity index (χ1) is 12.6. The Balaban J connectivity index is 1.53. The molecule has 0 spiro atoms. The van der Waals surface area contributed by atoms with Gasteiger partial charge in [-0.25, -0.2) is 4.98 Å². The number of carbonyl (C=O) groups is 1. The van der Waals surface area contributed by atoms with Crippen molar-refractivity contribution >= 4 is 22.7 Å². The van der Waals surface area contributed by atoms with Crippen LogP contribution in [-0.2, 0) is 0 Å². The molecule has 1 amide bonds. The van der Waals surface area contributed by atoms with Gasteiger partial charge in [0.25, 0.3) is 5.91 Å². The number of hydrogen-bond acceptors (Lipinski definition) is 6. The zero-order valence-electron chi connectivity index (χ0n) is 14.4. The van der Waals surface area contributed by atoms with Crippen LogP contribution in [0.5, 0.6) is 0 Å². The zero-order chi connectivity index (χ0) is 18.1. The fourth-order valence-corrected chi connectivity index (χ4v) is 3.12. The van der Waals surface area contributed by atoms with Crippen LogP contribution in [0.3, 0.4) is 0 Å². The molecule has 4 rings (SSSR count). The number of rotatable bonds is 2. The summed E-state index contributed by atoms with van der Waals surface area (Å²) in [5.41, 5.74) is 1.21. The average molecular weight is 350 g/mol. The van der Waals surface area contributed by atoms with Crippen molar-refractivity contribution in [2.75, 3.05) is 31.1 Å². The monoisotopic (exact) mass is 350 g/mol. The van der Waals surface area contributed by atoms with Crippen LogP contribution in [0.15, 0.2) is 52.1 Å². The Bertz CT molecular complexity index is 1010. The molecule has 1 saturated heterocycles. The number of piperazine rings is 1. The summed E-state index contributed by atoms with van der Waals surface area (Å²) in [6.45, 7) is 4.29. The molecule has 0 N–H and O–H groups in total. The molecular formula is C19H18N4O3. The normalized spacial score (nSPS) is 14.7. The summed E-state index contributed by atoms with van der Waals surface area (Å²) in [6.07, 6.45) is 4.99. The van der Waals surface area contributed by atoms with Gasteiger partial charge in [-0.15, -0.1) is 0 Å². The van der Waals surface area contributed by atoms with E-state index in [1.54, 1.807) is 35.6 Å². The third-order valence-corrected chi connectivity index (χ3v) is 4.53. The number of carbonyl (C=O) groups excluding carboxylic acids is 1. The Morgan fingerprint density at radius 1 is 1.12 bits per heavy atom. The van der Waals surface area contributed by atoms with E-state index in [-0.39, 0.29) is 17.1 Å². The van der Waals surface area contributed by atoms with E-state index in [1.807, 2.05) is 13.0 Å². The van der Waals surface area contributed by atoms with Gasteiger partial charge in [0.1, 0.15) is 11.4 Å². The lowest BCUT2D eigenvalue weighted by molar-refractivity contribution is 0.0715. The van der Waals surface area contributed by atoms with Crippen LogP contribution in [0.2, 0.25) is 0 Å². The van der Waals surface area contributed by atoms with Crippen molar-refractivity contribution in [3.63, 3.8) is 0 Å². The SMILES string of the molecule is Cc1ccc2oc(C(=O)N3CCN(c4cnccn4)CC3)cc(=O)c2c1. The molecule has 0 radical (unpaired) electrons. The average Bonchev–Trinajstić information content (AvgIpc) is 2.68. The summed E-state index contributed by atoms with van der Waals surface area (Å²) in [5.74, 6) is 0.620. The van der Waals surface area contributed by atoms with Gasteiger partial charge in [-0.05, 0) is 19.1 Å². The summed E-state index contributed by atoms with van der Waals surface area (Å²) in [6, 6.07) is 6.66. The second-order valence-corrected chi connectivity index (χ2v) is 6.32. The van der Waals surface area contributed by atoms with E-state index in [4.69, 9.17) is 4.42 Å². The lowest BCUT2D eigenvalue weighted by Crippen LogP contribution is -2.49. The maximum Gasteiger partial charge on any atom is 0.289 e. The number of fused-ring (bicyclic) bond motifs is 1. The second kappa shape index (κ2) is 6.59. The van der Waals surface area contributed by atoms with Crippen LogP contribution in [-0.4, -0.2) is 47.0 Å². The summed E-state index contributed by atoms with van der Waals surface area (Å²) >= 11 is 0. The molecule has 0 aliphatic carbocycles. The molecule has 0 bridgehead atoms. The van der Waals surface area contributed by atoms with E-state index in [0.717, 1.165) is 11.4 Å². The van der Waals surface area contributed by atoms with E-state index in [9.17, 15) is 9.59 Å². The molecule has 2 aromatic heterocycles. The molecule has 0 atom stereocenters. The topological polar surface area (TPSA) is 79.5 Å². The largest absolute Gasteiger partial charge is 0.451 e. The highest BCUT2D eigenvalue weighted by atomic mass is 16.3. The predicted octanol–water partition coefficient (Wildman–Crippen LogP) is 1.85. The van der Waals surface area contributed by atoms with E-state index in [2.05, 4.69) is 14.9 Å². The first-order valence-corrected chi connectivity index (χ1v) is 8.46. The van der Waals surface area contributed by atoms with Crippen molar-refractivity contribution in [3.05, 3.63) is 64.4 Å². The van der Waals surface area contributed by atoms with Gasteiger partial charge >= 0.3 is 0 Å². The Kier molecular flexibility index (Phi) is 4.12. The van der Waals surface area contributed by atoms with Crippen LogP contribution < -0.4 is 10.3 Å². The van der Waals surface area contributed by atoms with Crippen LogP contribution >= 0.6 is 0 Å². The number of nitrogens with zero attached hydrogens (tertiary/aromatic N) is 4. The van der Waals surface area contributed by atoms with Gasteiger partial charge in [-0.3, -0.25) is 14.6 Å². The van der Waals surface area contributed by atoms with Gasteiger partial charge in [-0.2, -0.15) is 0 Å². The Morgan fingerprint density at radius 3 is 2.65 bits per heavy atom. The van der Waals surface area contributed by atoms with Gasteiger partial charge in [0.15, 0.2) is 11.2 Å². The Morgan fingerprint density at radius 2 is 1.92 bits per heavy atom. The third-order valence-electron chi connectivity index (χ3n) is 4.53. The highest BCUT2D eigenvalue weighted by molar-refractivity contribution is 5.93. The number of benzene rings is 1. The lowest BCUT2D eigenvalue weighted by atomic mass is 10.1. The van der Waals surface area contributed by atoms with Crippen molar-refractivity contribution in [3.8, 4) is 0 Å². The minimum atomic E-state index is -0.261. The summed E-state index contributed by atoms with van der Waals surface area (Å²) in [7, 11) is 0. The van der Waals surface area contributed by atoms with E-state index >= 15 is 0 Å². The molecular weight excluding hydrogens is 332 g/mol. The fraction of sp³-hybridized carbons (Fsp3) is 0.263. The standard InChI is InChI=1S/C19H18N4O3/c1-13-2-3-16-14(10-13)15(24)11-17(26-16)19(25)23-8-6-22(7-9-23)18-12-20-4-5-21-18/h2-5,10-12H,6-9H2,1H3. The number of amides is 1. The molecule has 26 heavy (non-hydrogen) atoms. The summed E-state index contributed by atoms with van der Waals surface area (Å²) in [5, 5.41) is 0.494.